The van der Waals surface area contributed by atoms with E-state index in [9.17, 15) is 4.79 Å². The van der Waals surface area contributed by atoms with Crippen LogP contribution in [0.4, 0.5) is 4.79 Å². The molecule has 10 heteroatoms. The summed E-state index contributed by atoms with van der Waals surface area (Å²) in [5, 5.41) is 10.9. The summed E-state index contributed by atoms with van der Waals surface area (Å²) in [6.45, 7) is 8.27. The van der Waals surface area contributed by atoms with E-state index in [-0.39, 0.29) is 12.0 Å². The van der Waals surface area contributed by atoms with Crippen LogP contribution in [0.5, 0.6) is 0 Å². The Morgan fingerprint density at radius 2 is 1.80 bits per heavy atom. The van der Waals surface area contributed by atoms with Crippen molar-refractivity contribution >= 4 is 40.6 Å². The van der Waals surface area contributed by atoms with Gasteiger partial charge in [0.05, 0.1) is 29.5 Å². The third-order valence-electron chi connectivity index (χ3n) is 6.58. The Labute approximate surface area is 219 Å². The average molecular weight is 535 g/mol. The molecular formula is C25H29Cl2N5O2S. The summed E-state index contributed by atoms with van der Waals surface area (Å²) >= 11 is 14.2. The summed E-state index contributed by atoms with van der Waals surface area (Å²) in [4.78, 5) is 19.3. The lowest BCUT2D eigenvalue weighted by Gasteiger charge is -2.27. The van der Waals surface area contributed by atoms with E-state index in [0.717, 1.165) is 63.6 Å². The maximum atomic E-state index is 13.0. The molecular weight excluding hydrogens is 505 g/mol. The summed E-state index contributed by atoms with van der Waals surface area (Å²) in [6.07, 6.45) is 3.69. The van der Waals surface area contributed by atoms with Crippen LogP contribution in [0.15, 0.2) is 18.2 Å². The standard InChI is InChI=1S/C25H29Cl2N5O2S/c1-14-21(27)35-23(28-14)16-7-5-15(6-8-16)22-30-29-20-13-31(24(33)34-25(2,3)4)12-17-11-18(26)9-10-19(17)32(20)22/h9-11,15-16H,5-8,12-13H2,1-4H3. The van der Waals surface area contributed by atoms with Crippen LogP contribution in [0, 0.1) is 6.92 Å². The van der Waals surface area contributed by atoms with Gasteiger partial charge in [-0.3, -0.25) is 9.47 Å². The van der Waals surface area contributed by atoms with Crippen LogP contribution in [0.3, 0.4) is 0 Å². The fourth-order valence-electron chi connectivity index (χ4n) is 4.92. The molecule has 0 atom stereocenters. The second kappa shape index (κ2) is 9.37. The Kier molecular flexibility index (Phi) is 6.57. The first-order chi connectivity index (χ1) is 16.6. The molecule has 1 fully saturated rings. The fourth-order valence-corrected chi connectivity index (χ4v) is 6.35. The summed E-state index contributed by atoms with van der Waals surface area (Å²) in [7, 11) is 0. The number of ether oxygens (including phenoxy) is 1. The molecule has 1 aliphatic carbocycles. The monoisotopic (exact) mass is 533 g/mol. The van der Waals surface area contributed by atoms with Gasteiger partial charge < -0.3 is 4.74 Å². The third-order valence-corrected chi connectivity index (χ3v) is 8.43. The van der Waals surface area contributed by atoms with Gasteiger partial charge in [0.1, 0.15) is 15.8 Å². The molecule has 186 valence electrons. The van der Waals surface area contributed by atoms with Crippen molar-refractivity contribution < 1.29 is 9.53 Å². The highest BCUT2D eigenvalue weighted by Gasteiger charge is 2.33. The number of hydrogen-bond acceptors (Lipinski definition) is 6. The predicted octanol–water partition coefficient (Wildman–Crippen LogP) is 7.03. The molecule has 3 aromatic rings. The lowest BCUT2D eigenvalue weighted by molar-refractivity contribution is 0.0214. The van der Waals surface area contributed by atoms with Gasteiger partial charge in [-0.25, -0.2) is 9.78 Å². The maximum absolute atomic E-state index is 13.0. The quantitative estimate of drug-likeness (QED) is 0.353. The molecule has 2 aromatic heterocycles. The van der Waals surface area contributed by atoms with Crippen LogP contribution in [0.2, 0.25) is 9.36 Å². The molecule has 0 spiro atoms. The number of nitrogens with zero attached hydrogens (tertiary/aromatic N) is 5. The fraction of sp³-hybridized carbons (Fsp3) is 0.520. The summed E-state index contributed by atoms with van der Waals surface area (Å²) < 4.78 is 8.58. The highest BCUT2D eigenvalue weighted by molar-refractivity contribution is 7.16. The molecule has 1 aromatic carbocycles. The van der Waals surface area contributed by atoms with Gasteiger partial charge in [-0.05, 0) is 77.1 Å². The number of benzene rings is 1. The SMILES string of the molecule is Cc1nc(C2CCC(c3nnc4n3-c3ccc(Cl)cc3CN(C(=O)OC(C)(C)C)C4)CC2)sc1Cl. The Bertz CT molecular complexity index is 1240. The van der Waals surface area contributed by atoms with E-state index in [4.69, 9.17) is 27.9 Å². The predicted molar refractivity (Wildman–Crippen MR) is 138 cm³/mol. The molecule has 0 unspecified atom stereocenters. The number of aromatic nitrogens is 4. The van der Waals surface area contributed by atoms with E-state index >= 15 is 0 Å². The highest BCUT2D eigenvalue weighted by atomic mass is 35.5. The summed E-state index contributed by atoms with van der Waals surface area (Å²) in [5.41, 5.74) is 2.25. The molecule has 0 radical (unpaired) electrons. The lowest BCUT2D eigenvalue weighted by atomic mass is 9.82. The van der Waals surface area contributed by atoms with Crippen molar-refractivity contribution in [3.05, 3.63) is 55.5 Å². The third kappa shape index (κ3) is 5.06. The molecule has 7 nitrogen and oxygen atoms in total. The average Bonchev–Trinajstić information content (AvgIpc) is 3.30. The van der Waals surface area contributed by atoms with E-state index < -0.39 is 5.60 Å². The second-order valence-electron chi connectivity index (χ2n) is 10.4. The maximum Gasteiger partial charge on any atom is 0.411 e. The molecule has 35 heavy (non-hydrogen) atoms. The first kappa shape index (κ1) is 24.5. The van der Waals surface area contributed by atoms with Gasteiger partial charge in [-0.15, -0.1) is 21.5 Å². The van der Waals surface area contributed by atoms with Crippen molar-refractivity contribution in [2.24, 2.45) is 0 Å². The molecule has 0 N–H and O–H groups in total. The molecule has 2 aliphatic rings. The lowest BCUT2D eigenvalue weighted by Crippen LogP contribution is -2.35. The number of thiazole rings is 1. The van der Waals surface area contributed by atoms with Crippen LogP contribution < -0.4 is 0 Å². The van der Waals surface area contributed by atoms with Gasteiger partial charge >= 0.3 is 6.09 Å². The largest absolute Gasteiger partial charge is 0.444 e. The van der Waals surface area contributed by atoms with Gasteiger partial charge in [0.25, 0.3) is 0 Å². The topological polar surface area (TPSA) is 73.1 Å². The van der Waals surface area contributed by atoms with Crippen molar-refractivity contribution in [3.8, 4) is 5.69 Å². The zero-order valence-corrected chi connectivity index (χ0v) is 22.7. The first-order valence-corrected chi connectivity index (χ1v) is 13.5. The van der Waals surface area contributed by atoms with E-state index in [2.05, 4.69) is 19.7 Å². The van der Waals surface area contributed by atoms with Gasteiger partial charge in [0.15, 0.2) is 5.82 Å². The van der Waals surface area contributed by atoms with Crippen molar-refractivity contribution in [2.45, 2.75) is 83.9 Å². The number of carbonyl (C=O) groups is 1. The number of carbonyl (C=O) groups excluding carboxylic acids is 1. The van der Waals surface area contributed by atoms with Crippen molar-refractivity contribution in [2.75, 3.05) is 0 Å². The molecule has 1 saturated carbocycles. The molecule has 1 amide bonds. The van der Waals surface area contributed by atoms with Crippen LogP contribution >= 0.6 is 34.5 Å². The van der Waals surface area contributed by atoms with Crippen LogP contribution in [-0.4, -0.2) is 36.3 Å². The molecule has 0 bridgehead atoms. The number of rotatable bonds is 2. The highest BCUT2D eigenvalue weighted by Crippen LogP contribution is 2.43. The zero-order chi connectivity index (χ0) is 24.9. The Morgan fingerprint density at radius 3 is 2.46 bits per heavy atom. The van der Waals surface area contributed by atoms with E-state index in [0.29, 0.717) is 24.0 Å². The van der Waals surface area contributed by atoms with Gasteiger partial charge in [0.2, 0.25) is 0 Å². The van der Waals surface area contributed by atoms with Crippen LogP contribution in [0.1, 0.15) is 86.2 Å². The molecule has 5 rings (SSSR count). The Hall–Kier alpha value is -2.16. The summed E-state index contributed by atoms with van der Waals surface area (Å²) in [5.74, 6) is 2.39. The van der Waals surface area contributed by atoms with E-state index in [1.807, 2.05) is 45.9 Å². The Balaban J connectivity index is 1.44. The smallest absolute Gasteiger partial charge is 0.411 e. The van der Waals surface area contributed by atoms with Crippen molar-refractivity contribution in [1.29, 1.82) is 0 Å². The minimum Gasteiger partial charge on any atom is -0.444 e. The summed E-state index contributed by atoms with van der Waals surface area (Å²) in [6, 6.07) is 5.79. The molecule has 0 saturated heterocycles. The number of amides is 1. The number of aryl methyl sites for hydroxylation is 1. The van der Waals surface area contributed by atoms with Crippen LogP contribution in [0.25, 0.3) is 5.69 Å². The van der Waals surface area contributed by atoms with E-state index in [1.54, 1.807) is 16.2 Å². The minimum atomic E-state index is -0.585. The number of hydrogen-bond donors (Lipinski definition) is 0. The minimum absolute atomic E-state index is 0.278. The number of halogens is 2. The number of fused-ring (bicyclic) bond motifs is 3. The normalized spacial score (nSPS) is 20.2. The van der Waals surface area contributed by atoms with Gasteiger partial charge in [-0.1, -0.05) is 23.2 Å². The first-order valence-electron chi connectivity index (χ1n) is 11.9. The second-order valence-corrected chi connectivity index (χ2v) is 12.4. The zero-order valence-electron chi connectivity index (χ0n) is 20.3. The Morgan fingerprint density at radius 1 is 1.09 bits per heavy atom. The van der Waals surface area contributed by atoms with Crippen molar-refractivity contribution in [3.63, 3.8) is 0 Å². The molecule has 3 heterocycles. The van der Waals surface area contributed by atoms with E-state index in [1.165, 1.54) is 0 Å². The van der Waals surface area contributed by atoms with Gasteiger partial charge in [-0.2, -0.15) is 0 Å². The van der Waals surface area contributed by atoms with Crippen LogP contribution in [-0.2, 0) is 17.8 Å². The van der Waals surface area contributed by atoms with Gasteiger partial charge in [0, 0.05) is 16.9 Å². The molecule has 1 aliphatic heterocycles. The van der Waals surface area contributed by atoms with Crippen molar-refractivity contribution in [1.82, 2.24) is 24.6 Å².